The predicted molar refractivity (Wildman–Crippen MR) is 104 cm³/mol. The molecule has 6 heteroatoms. The lowest BCUT2D eigenvalue weighted by Gasteiger charge is -2.28. The first-order valence-corrected chi connectivity index (χ1v) is 10.0. The molecule has 1 aromatic rings. The molecule has 0 spiro atoms. The van der Waals surface area contributed by atoms with Crippen LogP contribution in [0.4, 0.5) is 0 Å². The van der Waals surface area contributed by atoms with E-state index in [0.29, 0.717) is 31.8 Å². The summed E-state index contributed by atoms with van der Waals surface area (Å²) in [5.74, 6) is 0.0787. The van der Waals surface area contributed by atoms with E-state index in [1.54, 1.807) is 0 Å². The first-order valence-electron chi connectivity index (χ1n) is 10.0. The molecule has 0 aromatic heterocycles. The number of benzene rings is 1. The van der Waals surface area contributed by atoms with E-state index >= 15 is 0 Å². The zero-order chi connectivity index (χ0) is 19.2. The van der Waals surface area contributed by atoms with E-state index in [1.807, 2.05) is 12.1 Å². The molecule has 1 fully saturated rings. The molecule has 2 aliphatic heterocycles. The Morgan fingerprint density at radius 2 is 2.04 bits per heavy atom. The van der Waals surface area contributed by atoms with Crippen molar-refractivity contribution in [1.29, 1.82) is 0 Å². The van der Waals surface area contributed by atoms with Crippen molar-refractivity contribution < 1.29 is 14.3 Å². The molecule has 0 aliphatic carbocycles. The molecule has 1 saturated heterocycles. The molecule has 27 heavy (non-hydrogen) atoms. The smallest absolute Gasteiger partial charge is 0.242 e. The highest BCUT2D eigenvalue weighted by Crippen LogP contribution is 2.17. The predicted octanol–water partition coefficient (Wildman–Crippen LogP) is 1.53. The Morgan fingerprint density at radius 3 is 2.74 bits per heavy atom. The Hall–Kier alpha value is -1.92. The van der Waals surface area contributed by atoms with Crippen molar-refractivity contribution in [3.05, 3.63) is 35.4 Å². The second-order valence-corrected chi connectivity index (χ2v) is 7.98. The summed E-state index contributed by atoms with van der Waals surface area (Å²) in [5, 5.41) is 9.21. The topological polar surface area (TPSA) is 79.5 Å². The van der Waals surface area contributed by atoms with Crippen LogP contribution in [0.1, 0.15) is 44.2 Å². The monoisotopic (exact) mass is 373 g/mol. The second kappa shape index (κ2) is 9.33. The normalized spacial score (nSPS) is 22.9. The fourth-order valence-electron chi connectivity index (χ4n) is 3.76. The van der Waals surface area contributed by atoms with Gasteiger partial charge in [0.2, 0.25) is 11.8 Å². The van der Waals surface area contributed by atoms with E-state index in [9.17, 15) is 9.59 Å². The standard InChI is InChI=1S/C21H31N3O3/c1-14(2)10-19(20(25)23-13-17-8-5-9-27-17)24-21(26)18-11-15-6-3-4-7-16(15)12-22-18/h3-4,6-7,14,17-19,22H,5,8-13H2,1-2H3,(H,23,25)(H,24,26)/t17-,18+,19+/m1/s1. The van der Waals surface area contributed by atoms with Crippen molar-refractivity contribution in [3.8, 4) is 0 Å². The van der Waals surface area contributed by atoms with Crippen molar-refractivity contribution in [3.63, 3.8) is 0 Å². The molecule has 3 rings (SSSR count). The summed E-state index contributed by atoms with van der Waals surface area (Å²) in [6, 6.07) is 7.34. The number of ether oxygens (including phenoxy) is 1. The van der Waals surface area contributed by atoms with Gasteiger partial charge in [-0.3, -0.25) is 9.59 Å². The summed E-state index contributed by atoms with van der Waals surface area (Å²) in [6.07, 6.45) is 3.38. The Kier molecular flexibility index (Phi) is 6.85. The zero-order valence-electron chi connectivity index (χ0n) is 16.3. The van der Waals surface area contributed by atoms with Crippen LogP contribution in [0.2, 0.25) is 0 Å². The average molecular weight is 373 g/mol. The van der Waals surface area contributed by atoms with Crippen LogP contribution < -0.4 is 16.0 Å². The fraction of sp³-hybridized carbons (Fsp3) is 0.619. The summed E-state index contributed by atoms with van der Waals surface area (Å²) in [6.45, 7) is 6.07. The molecule has 148 valence electrons. The summed E-state index contributed by atoms with van der Waals surface area (Å²) < 4.78 is 5.56. The third-order valence-electron chi connectivity index (χ3n) is 5.27. The number of amides is 2. The minimum absolute atomic E-state index is 0.0980. The van der Waals surface area contributed by atoms with Gasteiger partial charge in [-0.1, -0.05) is 38.1 Å². The quantitative estimate of drug-likeness (QED) is 0.677. The van der Waals surface area contributed by atoms with Crippen LogP contribution >= 0.6 is 0 Å². The highest BCUT2D eigenvalue weighted by molar-refractivity contribution is 5.90. The van der Waals surface area contributed by atoms with Crippen LogP contribution in [-0.4, -0.2) is 43.2 Å². The van der Waals surface area contributed by atoms with Gasteiger partial charge in [0.1, 0.15) is 6.04 Å². The molecule has 2 aliphatic rings. The molecule has 6 nitrogen and oxygen atoms in total. The number of hydrogen-bond donors (Lipinski definition) is 3. The van der Waals surface area contributed by atoms with Crippen LogP contribution in [0.25, 0.3) is 0 Å². The Balaban J connectivity index is 1.56. The molecule has 2 amide bonds. The molecule has 0 saturated carbocycles. The molecule has 0 bridgehead atoms. The third kappa shape index (κ3) is 5.53. The summed E-state index contributed by atoms with van der Waals surface area (Å²) in [5.41, 5.74) is 2.43. The van der Waals surface area contributed by atoms with Crippen LogP contribution in [-0.2, 0) is 27.3 Å². The van der Waals surface area contributed by atoms with Gasteiger partial charge in [0.05, 0.1) is 12.1 Å². The number of carbonyl (C=O) groups is 2. The van der Waals surface area contributed by atoms with Crippen molar-refractivity contribution in [1.82, 2.24) is 16.0 Å². The molecule has 1 aromatic carbocycles. The van der Waals surface area contributed by atoms with E-state index in [-0.39, 0.29) is 24.0 Å². The maximum absolute atomic E-state index is 12.8. The average Bonchev–Trinajstić information content (AvgIpc) is 3.18. The number of rotatable bonds is 7. The lowest BCUT2D eigenvalue weighted by atomic mass is 9.95. The maximum Gasteiger partial charge on any atom is 0.242 e. The fourth-order valence-corrected chi connectivity index (χ4v) is 3.76. The third-order valence-corrected chi connectivity index (χ3v) is 5.27. The molecule has 3 atom stereocenters. The van der Waals surface area contributed by atoms with Crippen LogP contribution in [0.5, 0.6) is 0 Å². The first kappa shape index (κ1) is 19.8. The molecular formula is C21H31N3O3. The Bertz CT molecular complexity index is 656. The van der Waals surface area contributed by atoms with E-state index < -0.39 is 6.04 Å². The summed E-state index contributed by atoms with van der Waals surface area (Å²) in [4.78, 5) is 25.4. The van der Waals surface area contributed by atoms with Crippen LogP contribution in [0.15, 0.2) is 24.3 Å². The van der Waals surface area contributed by atoms with E-state index in [0.717, 1.165) is 19.4 Å². The van der Waals surface area contributed by atoms with Crippen molar-refractivity contribution in [2.24, 2.45) is 5.92 Å². The minimum atomic E-state index is -0.516. The maximum atomic E-state index is 12.8. The molecule has 0 radical (unpaired) electrons. The van der Waals surface area contributed by atoms with Gasteiger partial charge in [0.25, 0.3) is 0 Å². The lowest BCUT2D eigenvalue weighted by Crippen LogP contribution is -2.55. The van der Waals surface area contributed by atoms with Gasteiger partial charge < -0.3 is 20.7 Å². The van der Waals surface area contributed by atoms with Crippen molar-refractivity contribution >= 4 is 11.8 Å². The zero-order valence-corrected chi connectivity index (χ0v) is 16.3. The van der Waals surface area contributed by atoms with Gasteiger partial charge in [-0.05, 0) is 42.7 Å². The minimum Gasteiger partial charge on any atom is -0.376 e. The van der Waals surface area contributed by atoms with E-state index in [4.69, 9.17) is 4.74 Å². The van der Waals surface area contributed by atoms with Gasteiger partial charge in [-0.15, -0.1) is 0 Å². The number of nitrogens with one attached hydrogen (secondary N) is 3. The summed E-state index contributed by atoms with van der Waals surface area (Å²) in [7, 11) is 0. The van der Waals surface area contributed by atoms with Gasteiger partial charge >= 0.3 is 0 Å². The summed E-state index contributed by atoms with van der Waals surface area (Å²) >= 11 is 0. The molecule has 2 heterocycles. The Morgan fingerprint density at radius 1 is 1.26 bits per heavy atom. The Labute approximate surface area is 161 Å². The highest BCUT2D eigenvalue weighted by atomic mass is 16.5. The number of fused-ring (bicyclic) bond motifs is 1. The second-order valence-electron chi connectivity index (χ2n) is 7.98. The van der Waals surface area contributed by atoms with Crippen molar-refractivity contribution in [2.45, 2.75) is 64.3 Å². The largest absolute Gasteiger partial charge is 0.376 e. The molecule has 3 N–H and O–H groups in total. The van der Waals surface area contributed by atoms with Gasteiger partial charge in [0, 0.05) is 19.7 Å². The van der Waals surface area contributed by atoms with Crippen molar-refractivity contribution in [2.75, 3.05) is 13.2 Å². The van der Waals surface area contributed by atoms with Crippen LogP contribution in [0.3, 0.4) is 0 Å². The SMILES string of the molecule is CC(C)C[C@H](NC(=O)[C@@H]1Cc2ccccc2CN1)C(=O)NC[C@H]1CCCO1. The number of hydrogen-bond acceptors (Lipinski definition) is 4. The number of carbonyl (C=O) groups excluding carboxylic acids is 2. The van der Waals surface area contributed by atoms with Crippen LogP contribution in [0, 0.1) is 5.92 Å². The first-order chi connectivity index (χ1) is 13.0. The van der Waals surface area contributed by atoms with E-state index in [1.165, 1.54) is 11.1 Å². The van der Waals surface area contributed by atoms with Gasteiger partial charge in [0.15, 0.2) is 0 Å². The van der Waals surface area contributed by atoms with E-state index in [2.05, 4.69) is 41.9 Å². The van der Waals surface area contributed by atoms with Gasteiger partial charge in [-0.2, -0.15) is 0 Å². The lowest BCUT2D eigenvalue weighted by molar-refractivity contribution is -0.130. The highest BCUT2D eigenvalue weighted by Gasteiger charge is 2.29. The molecular weight excluding hydrogens is 342 g/mol. The molecule has 0 unspecified atom stereocenters. The van der Waals surface area contributed by atoms with Gasteiger partial charge in [-0.25, -0.2) is 0 Å².